The number of nitrogens with zero attached hydrogens (tertiary/aromatic N) is 2. The lowest BCUT2D eigenvalue weighted by Gasteiger charge is -2.26. The van der Waals surface area contributed by atoms with Crippen molar-refractivity contribution in [3.8, 4) is 6.07 Å². The maximum atomic E-state index is 14.3. The van der Waals surface area contributed by atoms with Gasteiger partial charge in [-0.15, -0.1) is 11.3 Å². The molecule has 11 heteroatoms. The van der Waals surface area contributed by atoms with Crippen LogP contribution in [0.5, 0.6) is 0 Å². The molecule has 4 amide bonds. The van der Waals surface area contributed by atoms with E-state index < -0.39 is 52.9 Å². The number of hydrogen-bond acceptors (Lipinski definition) is 6. The summed E-state index contributed by atoms with van der Waals surface area (Å²) >= 11 is 1.26. The smallest absolute Gasteiger partial charge is 0.291 e. The van der Waals surface area contributed by atoms with Crippen LogP contribution in [0.1, 0.15) is 40.8 Å². The number of amides is 4. The molecule has 6 rings (SSSR count). The summed E-state index contributed by atoms with van der Waals surface area (Å²) in [6.45, 7) is 0. The van der Waals surface area contributed by atoms with Crippen LogP contribution < -0.4 is 21.3 Å². The topological polar surface area (TPSA) is 150 Å². The highest BCUT2D eigenvalue weighted by Crippen LogP contribution is 2.52. The minimum absolute atomic E-state index is 0.236. The van der Waals surface area contributed by atoms with Gasteiger partial charge in [0.15, 0.2) is 0 Å². The molecule has 1 aromatic heterocycles. The monoisotopic (exact) mass is 494 g/mol. The van der Waals surface area contributed by atoms with Gasteiger partial charge in [-0.3, -0.25) is 19.2 Å². The van der Waals surface area contributed by atoms with Crippen LogP contribution in [0, 0.1) is 29.0 Å². The van der Waals surface area contributed by atoms with E-state index in [2.05, 4.69) is 11.4 Å². The highest BCUT2D eigenvalue weighted by molar-refractivity contribution is 7.17. The van der Waals surface area contributed by atoms with Crippen LogP contribution in [0.3, 0.4) is 0 Å². The van der Waals surface area contributed by atoms with E-state index in [-0.39, 0.29) is 17.0 Å². The number of thiophene rings is 1. The maximum absolute atomic E-state index is 14.3. The highest BCUT2D eigenvalue weighted by atomic mass is 32.1. The van der Waals surface area contributed by atoms with Crippen molar-refractivity contribution in [1.29, 1.82) is 5.26 Å². The molecule has 9 nitrogen and oxygen atoms in total. The molecular weight excluding hydrogens is 473 g/mol. The van der Waals surface area contributed by atoms with Crippen molar-refractivity contribution in [2.75, 3.05) is 10.2 Å². The van der Waals surface area contributed by atoms with Crippen molar-refractivity contribution >= 4 is 45.7 Å². The molecule has 1 aliphatic carbocycles. The van der Waals surface area contributed by atoms with Gasteiger partial charge in [-0.2, -0.15) is 5.26 Å². The fraction of sp³-hybridized carbons (Fsp3) is 0.375. The van der Waals surface area contributed by atoms with E-state index in [0.717, 1.165) is 34.6 Å². The Bertz CT molecular complexity index is 1400. The number of carbonyl (C=O) groups is 4. The fourth-order valence-corrected chi connectivity index (χ4v) is 7.73. The first kappa shape index (κ1) is 21.9. The van der Waals surface area contributed by atoms with Gasteiger partial charge < -0.3 is 16.4 Å². The second-order valence-electron chi connectivity index (χ2n) is 9.53. The zero-order chi connectivity index (χ0) is 24.6. The van der Waals surface area contributed by atoms with Gasteiger partial charge in [0.1, 0.15) is 34.8 Å². The number of primary amides is 1. The molecule has 0 unspecified atom stereocenters. The summed E-state index contributed by atoms with van der Waals surface area (Å²) in [6.07, 6.45) is 3.13. The molecule has 0 radical (unpaired) electrons. The number of fused-ring (bicyclic) bond motifs is 5. The van der Waals surface area contributed by atoms with E-state index in [4.69, 9.17) is 5.73 Å². The lowest BCUT2D eigenvalue weighted by Crippen LogP contribution is -2.99. The predicted molar refractivity (Wildman–Crippen MR) is 121 cm³/mol. The van der Waals surface area contributed by atoms with Crippen LogP contribution in [0.4, 0.5) is 15.1 Å². The van der Waals surface area contributed by atoms with Crippen molar-refractivity contribution in [1.82, 2.24) is 0 Å². The quantitative estimate of drug-likeness (QED) is 0.528. The number of hydrogen-bond donors (Lipinski definition) is 3. The normalized spacial score (nSPS) is 28.6. The Morgan fingerprint density at radius 3 is 2.80 bits per heavy atom. The first-order valence-corrected chi connectivity index (χ1v) is 12.3. The van der Waals surface area contributed by atoms with Crippen LogP contribution in [-0.2, 0) is 37.6 Å². The zero-order valence-electron chi connectivity index (χ0n) is 18.5. The Balaban J connectivity index is 1.53. The van der Waals surface area contributed by atoms with Crippen molar-refractivity contribution in [2.45, 2.75) is 43.7 Å². The van der Waals surface area contributed by atoms with Crippen LogP contribution in [0.25, 0.3) is 0 Å². The molecule has 4 heterocycles. The van der Waals surface area contributed by atoms with Gasteiger partial charge in [-0.1, -0.05) is 0 Å². The number of aryl methyl sites for hydroxylation is 1. The summed E-state index contributed by atoms with van der Waals surface area (Å²) in [7, 11) is 0. The Morgan fingerprint density at radius 2 is 2.06 bits per heavy atom. The van der Waals surface area contributed by atoms with Gasteiger partial charge in [0.05, 0.1) is 17.7 Å². The number of carbonyl (C=O) groups excluding carboxylic acids is 4. The van der Waals surface area contributed by atoms with Crippen LogP contribution in [0.2, 0.25) is 0 Å². The third kappa shape index (κ3) is 2.81. The average molecular weight is 495 g/mol. The molecule has 2 aromatic rings. The molecule has 5 N–H and O–H groups in total. The standard InChI is InChI=1S/C24H20FN5O4S/c25-10-5-6-14-13(7-10)24(23(34)28-14)19-18(15(29-24)8-17(27)31)20(32)30(21(19)33)22-12(9-26)11-3-1-2-4-16(11)35-22/h5-7,15,18-19,29H,1-4,8H2,(H2,27,31)(H,28,34)/p+1/t15-,18+,19-,24-/m0/s1. The Kier molecular flexibility index (Phi) is 4.65. The molecule has 1 aromatic carbocycles. The number of halogens is 1. The molecule has 4 aliphatic rings. The Morgan fingerprint density at radius 1 is 1.29 bits per heavy atom. The van der Waals surface area contributed by atoms with E-state index in [0.29, 0.717) is 17.7 Å². The van der Waals surface area contributed by atoms with Crippen molar-refractivity contribution < 1.29 is 28.9 Å². The third-order valence-corrected chi connectivity index (χ3v) is 9.01. The van der Waals surface area contributed by atoms with E-state index in [1.54, 1.807) is 0 Å². The minimum atomic E-state index is -1.62. The first-order chi connectivity index (χ1) is 16.8. The number of nitrogens with one attached hydrogen (secondary N) is 1. The Hall–Kier alpha value is -3.62. The SMILES string of the molecule is N#Cc1c(N2C(=O)[C@@H]3[C@H](CC(N)=O)[NH2+][C@]4(C(=O)Nc5ccc(F)cc54)[C@@H]3C2=O)sc2c1CCCC2. The number of imide groups is 1. The predicted octanol–water partition coefficient (Wildman–Crippen LogP) is 0.412. The lowest BCUT2D eigenvalue weighted by atomic mass is 9.76. The van der Waals surface area contributed by atoms with Crippen LogP contribution in [0.15, 0.2) is 18.2 Å². The van der Waals surface area contributed by atoms with Gasteiger partial charge in [-0.05, 0) is 49.4 Å². The zero-order valence-corrected chi connectivity index (χ0v) is 19.3. The minimum Gasteiger partial charge on any atom is -0.369 e. The molecule has 1 spiro atoms. The van der Waals surface area contributed by atoms with Gasteiger partial charge in [0, 0.05) is 10.4 Å². The molecule has 178 valence electrons. The maximum Gasteiger partial charge on any atom is 0.291 e. The van der Waals surface area contributed by atoms with E-state index >= 15 is 0 Å². The van der Waals surface area contributed by atoms with Gasteiger partial charge >= 0.3 is 0 Å². The van der Waals surface area contributed by atoms with Gasteiger partial charge in [0.25, 0.3) is 5.91 Å². The summed E-state index contributed by atoms with van der Waals surface area (Å²) < 4.78 is 14.3. The van der Waals surface area contributed by atoms with Crippen molar-refractivity contribution in [2.24, 2.45) is 17.6 Å². The second-order valence-corrected chi connectivity index (χ2v) is 10.6. The summed E-state index contributed by atoms with van der Waals surface area (Å²) in [5, 5.41) is 14.4. The number of anilines is 2. The van der Waals surface area contributed by atoms with Crippen molar-refractivity contribution in [3.63, 3.8) is 0 Å². The summed E-state index contributed by atoms with van der Waals surface area (Å²) in [6, 6.07) is 5.20. The Labute approximate surface area is 203 Å². The fourth-order valence-electron chi connectivity index (χ4n) is 6.38. The van der Waals surface area contributed by atoms with E-state index in [1.165, 1.54) is 34.9 Å². The average Bonchev–Trinajstić information content (AvgIpc) is 3.50. The highest BCUT2D eigenvalue weighted by Gasteiger charge is 2.74. The molecule has 0 bridgehead atoms. The second kappa shape index (κ2) is 7.44. The number of quaternary nitrogens is 1. The van der Waals surface area contributed by atoms with Gasteiger partial charge in [0.2, 0.25) is 23.3 Å². The molecular formula is C24H21FN5O4S+. The molecule has 4 atom stereocenters. The number of benzene rings is 1. The lowest BCUT2D eigenvalue weighted by molar-refractivity contribution is -0.732. The number of nitrogens with two attached hydrogens (primary N) is 2. The molecule has 35 heavy (non-hydrogen) atoms. The molecule has 2 saturated heterocycles. The third-order valence-electron chi connectivity index (χ3n) is 7.74. The largest absolute Gasteiger partial charge is 0.369 e. The van der Waals surface area contributed by atoms with Crippen LogP contribution >= 0.6 is 11.3 Å². The van der Waals surface area contributed by atoms with E-state index in [9.17, 15) is 28.8 Å². The summed E-state index contributed by atoms with van der Waals surface area (Å²) in [5.41, 5.74) is 5.65. The van der Waals surface area contributed by atoms with Crippen molar-refractivity contribution in [3.05, 3.63) is 45.6 Å². The first-order valence-electron chi connectivity index (χ1n) is 11.5. The van der Waals surface area contributed by atoms with Crippen LogP contribution in [-0.4, -0.2) is 29.7 Å². The molecule has 0 saturated carbocycles. The van der Waals surface area contributed by atoms with E-state index in [1.807, 2.05) is 0 Å². The number of nitriles is 1. The molecule has 3 aliphatic heterocycles. The number of rotatable bonds is 3. The summed E-state index contributed by atoms with van der Waals surface area (Å²) in [4.78, 5) is 55.1. The van der Waals surface area contributed by atoms with Gasteiger partial charge in [-0.25, -0.2) is 9.29 Å². The summed E-state index contributed by atoms with van der Waals surface area (Å²) in [5.74, 6) is -5.20. The molecule has 2 fully saturated rings.